The van der Waals surface area contributed by atoms with Gasteiger partial charge in [0.15, 0.2) is 0 Å². The number of hydrogen-bond donors (Lipinski definition) is 1. The summed E-state index contributed by atoms with van der Waals surface area (Å²) in [5, 5.41) is 2.80. The van der Waals surface area contributed by atoms with E-state index in [9.17, 15) is 9.59 Å². The molecular weight excluding hydrogens is 270 g/mol. The lowest BCUT2D eigenvalue weighted by atomic mass is 10.1. The summed E-state index contributed by atoms with van der Waals surface area (Å²) in [6.07, 6.45) is 6.17. The van der Waals surface area contributed by atoms with Crippen molar-refractivity contribution in [1.82, 2.24) is 15.1 Å². The van der Waals surface area contributed by atoms with Crippen LogP contribution in [0.4, 0.5) is 4.79 Å². The third-order valence-corrected chi connectivity index (χ3v) is 3.51. The zero-order valence-corrected chi connectivity index (χ0v) is 13.1. The summed E-state index contributed by atoms with van der Waals surface area (Å²) in [5.41, 5.74) is 0. The predicted octanol–water partition coefficient (Wildman–Crippen LogP) is 0.535. The minimum absolute atomic E-state index is 0.0542. The molecule has 3 amide bonds. The molecule has 1 heterocycles. The number of hydrogen-bond acceptors (Lipinski definition) is 3. The van der Waals surface area contributed by atoms with E-state index in [1.165, 1.54) is 4.90 Å². The van der Waals surface area contributed by atoms with Crippen LogP contribution in [0, 0.1) is 18.3 Å². The molecule has 0 saturated carbocycles. The number of methoxy groups -OCH3 is 1. The second kappa shape index (κ2) is 8.53. The average molecular weight is 295 g/mol. The van der Waals surface area contributed by atoms with Crippen molar-refractivity contribution < 1.29 is 14.3 Å². The number of nitrogens with one attached hydrogen (secondary N) is 1. The summed E-state index contributed by atoms with van der Waals surface area (Å²) >= 11 is 0. The summed E-state index contributed by atoms with van der Waals surface area (Å²) in [7, 11) is 1.61. The van der Waals surface area contributed by atoms with Crippen LogP contribution in [-0.2, 0) is 9.53 Å². The van der Waals surface area contributed by atoms with E-state index in [0.717, 1.165) is 6.42 Å². The standard InChI is InChI=1S/C15H25N3O3/c1-5-13(12(2)3)16-15(20)18-8-6-7-17(9-10-21-4)14(19)11-18/h1,12-13H,6-11H2,2-4H3,(H,16,20)/t13-/m1/s1. The van der Waals surface area contributed by atoms with Gasteiger partial charge >= 0.3 is 6.03 Å². The van der Waals surface area contributed by atoms with Crippen LogP contribution in [0.3, 0.4) is 0 Å². The van der Waals surface area contributed by atoms with E-state index in [2.05, 4.69) is 11.2 Å². The second-order valence-corrected chi connectivity index (χ2v) is 5.49. The van der Waals surface area contributed by atoms with Crippen LogP contribution in [0.1, 0.15) is 20.3 Å². The average Bonchev–Trinajstić information content (AvgIpc) is 2.63. The number of terminal acetylenes is 1. The maximum atomic E-state index is 12.2. The van der Waals surface area contributed by atoms with Gasteiger partial charge in [0.2, 0.25) is 5.91 Å². The fraction of sp³-hybridized carbons (Fsp3) is 0.733. The highest BCUT2D eigenvalue weighted by atomic mass is 16.5. The topological polar surface area (TPSA) is 61.9 Å². The Balaban J connectivity index is 2.58. The van der Waals surface area contributed by atoms with Crippen molar-refractivity contribution in [2.24, 2.45) is 5.92 Å². The van der Waals surface area contributed by atoms with E-state index in [-0.39, 0.29) is 30.4 Å². The molecule has 1 aliphatic heterocycles. The van der Waals surface area contributed by atoms with Crippen LogP contribution < -0.4 is 5.32 Å². The number of amides is 3. The Bertz CT molecular complexity index is 403. The summed E-state index contributed by atoms with van der Waals surface area (Å²) in [6, 6.07) is -0.589. The first-order valence-electron chi connectivity index (χ1n) is 7.27. The van der Waals surface area contributed by atoms with Crippen molar-refractivity contribution in [2.75, 3.05) is 39.9 Å². The highest BCUT2D eigenvalue weighted by molar-refractivity contribution is 5.84. The van der Waals surface area contributed by atoms with Gasteiger partial charge in [-0.25, -0.2) is 4.79 Å². The summed E-state index contributed by atoms with van der Waals surface area (Å²) in [6.45, 7) is 6.25. The van der Waals surface area contributed by atoms with Crippen LogP contribution >= 0.6 is 0 Å². The van der Waals surface area contributed by atoms with Crippen molar-refractivity contribution in [3.05, 3.63) is 0 Å². The third kappa shape index (κ3) is 5.27. The van der Waals surface area contributed by atoms with Gasteiger partial charge in [0, 0.05) is 26.7 Å². The van der Waals surface area contributed by atoms with Gasteiger partial charge in [0.25, 0.3) is 0 Å². The van der Waals surface area contributed by atoms with E-state index in [0.29, 0.717) is 26.2 Å². The van der Waals surface area contributed by atoms with E-state index in [4.69, 9.17) is 11.2 Å². The molecule has 6 nitrogen and oxygen atoms in total. The van der Waals surface area contributed by atoms with Gasteiger partial charge in [-0.2, -0.15) is 0 Å². The highest BCUT2D eigenvalue weighted by Crippen LogP contribution is 2.07. The molecule has 21 heavy (non-hydrogen) atoms. The third-order valence-electron chi connectivity index (χ3n) is 3.51. The highest BCUT2D eigenvalue weighted by Gasteiger charge is 2.26. The summed E-state index contributed by atoms with van der Waals surface area (Å²) in [5.74, 6) is 2.66. The van der Waals surface area contributed by atoms with Crippen molar-refractivity contribution in [3.8, 4) is 12.3 Å². The first-order chi connectivity index (χ1) is 9.99. The minimum atomic E-state index is -0.319. The zero-order chi connectivity index (χ0) is 15.8. The number of ether oxygens (including phenoxy) is 1. The number of nitrogens with zero attached hydrogens (tertiary/aromatic N) is 2. The molecule has 1 saturated heterocycles. The van der Waals surface area contributed by atoms with Gasteiger partial charge < -0.3 is 19.9 Å². The fourth-order valence-corrected chi connectivity index (χ4v) is 2.16. The second-order valence-electron chi connectivity index (χ2n) is 5.49. The molecule has 6 heteroatoms. The molecule has 0 aromatic heterocycles. The summed E-state index contributed by atoms with van der Waals surface area (Å²) in [4.78, 5) is 27.6. The lowest BCUT2D eigenvalue weighted by molar-refractivity contribution is -0.131. The van der Waals surface area contributed by atoms with Crippen LogP contribution in [0.25, 0.3) is 0 Å². The SMILES string of the molecule is C#C[C@@H](NC(=O)N1CCCN(CCOC)C(=O)C1)C(C)C. The molecule has 0 aromatic carbocycles. The Morgan fingerprint density at radius 1 is 1.48 bits per heavy atom. The molecule has 1 N–H and O–H groups in total. The molecule has 0 aromatic rings. The lowest BCUT2D eigenvalue weighted by Crippen LogP contribution is -2.48. The Morgan fingerprint density at radius 2 is 2.19 bits per heavy atom. The first-order valence-corrected chi connectivity index (χ1v) is 7.27. The number of carbonyl (C=O) groups is 2. The molecule has 0 bridgehead atoms. The Kier molecular flexibility index (Phi) is 7.03. The van der Waals surface area contributed by atoms with E-state index >= 15 is 0 Å². The number of urea groups is 1. The van der Waals surface area contributed by atoms with E-state index < -0.39 is 0 Å². The summed E-state index contributed by atoms with van der Waals surface area (Å²) < 4.78 is 4.99. The number of rotatable bonds is 5. The quantitative estimate of drug-likeness (QED) is 0.753. The van der Waals surface area contributed by atoms with Gasteiger partial charge in [0.05, 0.1) is 12.6 Å². The minimum Gasteiger partial charge on any atom is -0.383 e. The molecule has 0 aliphatic carbocycles. The monoisotopic (exact) mass is 295 g/mol. The van der Waals surface area contributed by atoms with Crippen LogP contribution in [-0.4, -0.2) is 67.7 Å². The number of carbonyl (C=O) groups excluding carboxylic acids is 2. The van der Waals surface area contributed by atoms with E-state index in [1.807, 2.05) is 13.8 Å². The van der Waals surface area contributed by atoms with Gasteiger partial charge in [-0.1, -0.05) is 19.8 Å². The van der Waals surface area contributed by atoms with Crippen LogP contribution in [0.2, 0.25) is 0 Å². The largest absolute Gasteiger partial charge is 0.383 e. The normalized spacial score (nSPS) is 17.4. The predicted molar refractivity (Wildman–Crippen MR) is 80.6 cm³/mol. The molecule has 0 spiro atoms. The molecule has 118 valence electrons. The van der Waals surface area contributed by atoms with Gasteiger partial charge in [-0.15, -0.1) is 6.42 Å². The van der Waals surface area contributed by atoms with Crippen molar-refractivity contribution in [1.29, 1.82) is 0 Å². The molecule has 1 rings (SSSR count). The van der Waals surface area contributed by atoms with Crippen LogP contribution in [0.15, 0.2) is 0 Å². The first kappa shape index (κ1) is 17.3. The van der Waals surface area contributed by atoms with E-state index in [1.54, 1.807) is 12.0 Å². The van der Waals surface area contributed by atoms with Gasteiger partial charge in [-0.3, -0.25) is 4.79 Å². The maximum absolute atomic E-state index is 12.2. The Morgan fingerprint density at radius 3 is 2.76 bits per heavy atom. The molecular formula is C15H25N3O3. The maximum Gasteiger partial charge on any atom is 0.318 e. The van der Waals surface area contributed by atoms with Crippen molar-refractivity contribution in [2.45, 2.75) is 26.3 Å². The molecule has 1 atom stereocenters. The Hall–Kier alpha value is -1.74. The smallest absolute Gasteiger partial charge is 0.318 e. The fourth-order valence-electron chi connectivity index (χ4n) is 2.16. The molecule has 1 aliphatic rings. The Labute approximate surface area is 126 Å². The van der Waals surface area contributed by atoms with Crippen LogP contribution in [0.5, 0.6) is 0 Å². The lowest BCUT2D eigenvalue weighted by Gasteiger charge is -2.24. The zero-order valence-electron chi connectivity index (χ0n) is 13.1. The molecule has 0 unspecified atom stereocenters. The van der Waals surface area contributed by atoms with Gasteiger partial charge in [-0.05, 0) is 12.3 Å². The van der Waals surface area contributed by atoms with Crippen molar-refractivity contribution >= 4 is 11.9 Å². The van der Waals surface area contributed by atoms with Gasteiger partial charge in [0.1, 0.15) is 6.54 Å². The van der Waals surface area contributed by atoms with Crippen molar-refractivity contribution in [3.63, 3.8) is 0 Å². The molecule has 0 radical (unpaired) electrons. The molecule has 1 fully saturated rings.